The number of halogens is 1. The number of carbonyl (C=O) groups is 1. The van der Waals surface area contributed by atoms with Gasteiger partial charge in [0.25, 0.3) is 5.91 Å². The molecule has 0 atom stereocenters. The zero-order valence-corrected chi connectivity index (χ0v) is 11.6. The Bertz CT molecular complexity index is 603. The first-order valence-corrected chi connectivity index (χ1v) is 5.79. The second-order valence-corrected chi connectivity index (χ2v) is 4.35. The van der Waals surface area contributed by atoms with Crippen molar-refractivity contribution in [1.29, 1.82) is 0 Å². The van der Waals surface area contributed by atoms with E-state index in [4.69, 9.17) is 5.73 Å². The minimum absolute atomic E-state index is 0. The van der Waals surface area contributed by atoms with Crippen LogP contribution in [0.2, 0.25) is 0 Å². The Balaban J connectivity index is 0.00000180. The molecular weight excluding hydrogens is 264 g/mol. The van der Waals surface area contributed by atoms with E-state index in [0.717, 1.165) is 10.9 Å². The van der Waals surface area contributed by atoms with Crippen LogP contribution in [0.15, 0.2) is 35.5 Å². The molecule has 4 N–H and O–H groups in total. The largest absolute Gasteiger partial charge is 0.370 e. The highest BCUT2D eigenvalue weighted by Gasteiger charge is 2.11. The highest BCUT2D eigenvalue weighted by Crippen LogP contribution is 2.18. The Hall–Kier alpha value is -2.01. The Labute approximate surface area is 117 Å². The van der Waals surface area contributed by atoms with Gasteiger partial charge in [0.2, 0.25) is 0 Å². The van der Waals surface area contributed by atoms with Crippen LogP contribution < -0.4 is 11.1 Å². The van der Waals surface area contributed by atoms with Gasteiger partial charge < -0.3 is 16.0 Å². The third-order valence-corrected chi connectivity index (χ3v) is 2.48. The Morgan fingerprint density at radius 2 is 2.05 bits per heavy atom. The van der Waals surface area contributed by atoms with Crippen LogP contribution in [0.4, 0.5) is 0 Å². The number of benzene rings is 1. The average molecular weight is 281 g/mol. The summed E-state index contributed by atoms with van der Waals surface area (Å²) < 4.78 is 0. The topological polar surface area (TPSA) is 83.3 Å². The van der Waals surface area contributed by atoms with Gasteiger partial charge in [-0.25, -0.2) is 0 Å². The Kier molecular flexibility index (Phi) is 4.94. The van der Waals surface area contributed by atoms with E-state index in [1.54, 1.807) is 6.20 Å². The first kappa shape index (κ1) is 15.0. The second-order valence-electron chi connectivity index (χ2n) is 4.35. The number of aliphatic imine (C=N–C) groups is 1. The number of carbonyl (C=O) groups excluding carboxylic acids is 1. The second kappa shape index (κ2) is 6.24. The van der Waals surface area contributed by atoms with Crippen LogP contribution in [0.3, 0.4) is 0 Å². The molecule has 6 heteroatoms. The maximum atomic E-state index is 12.0. The number of rotatable bonds is 2. The highest BCUT2D eigenvalue weighted by molar-refractivity contribution is 6.10. The maximum absolute atomic E-state index is 12.0. The van der Waals surface area contributed by atoms with Crippen molar-refractivity contribution in [2.24, 2.45) is 10.7 Å². The van der Waals surface area contributed by atoms with Crippen molar-refractivity contribution >= 4 is 35.2 Å². The lowest BCUT2D eigenvalue weighted by Crippen LogP contribution is -2.37. The number of nitrogens with zero attached hydrogens (tertiary/aromatic N) is 1. The fraction of sp³-hybridized carbons (Fsp3) is 0.231. The fourth-order valence-electron chi connectivity index (χ4n) is 1.75. The van der Waals surface area contributed by atoms with Crippen molar-refractivity contribution < 1.29 is 4.79 Å². The molecule has 0 aliphatic heterocycles. The molecule has 0 spiro atoms. The number of nitrogens with one attached hydrogen (secondary N) is 2. The molecule has 0 fully saturated rings. The number of amides is 1. The number of fused-ring (bicyclic) bond motifs is 1. The SMILES string of the molecule is CC(C)NC(N)=NC(=O)c1c[nH]c2ccccc12.Cl. The third kappa shape index (κ3) is 3.48. The average Bonchev–Trinajstić information content (AvgIpc) is 2.71. The molecule has 19 heavy (non-hydrogen) atoms. The lowest BCUT2D eigenvalue weighted by Gasteiger charge is -2.07. The van der Waals surface area contributed by atoms with Gasteiger partial charge in [-0.2, -0.15) is 4.99 Å². The zero-order chi connectivity index (χ0) is 13.1. The van der Waals surface area contributed by atoms with Crippen molar-refractivity contribution in [2.45, 2.75) is 19.9 Å². The van der Waals surface area contributed by atoms with Gasteiger partial charge in [0.1, 0.15) is 0 Å². The summed E-state index contributed by atoms with van der Waals surface area (Å²) in [5.41, 5.74) is 7.07. The number of para-hydroxylation sites is 1. The molecule has 0 aliphatic carbocycles. The summed E-state index contributed by atoms with van der Waals surface area (Å²) >= 11 is 0. The molecular formula is C13H17ClN4O. The minimum atomic E-state index is -0.349. The summed E-state index contributed by atoms with van der Waals surface area (Å²) in [7, 11) is 0. The van der Waals surface area contributed by atoms with E-state index >= 15 is 0 Å². The number of aromatic nitrogens is 1. The van der Waals surface area contributed by atoms with E-state index in [1.807, 2.05) is 38.1 Å². The van der Waals surface area contributed by atoms with Gasteiger partial charge in [-0.1, -0.05) is 18.2 Å². The molecule has 0 saturated heterocycles. The predicted octanol–water partition coefficient (Wildman–Crippen LogP) is 2.04. The van der Waals surface area contributed by atoms with E-state index in [9.17, 15) is 4.79 Å². The van der Waals surface area contributed by atoms with Gasteiger partial charge in [0, 0.05) is 23.1 Å². The third-order valence-electron chi connectivity index (χ3n) is 2.48. The Morgan fingerprint density at radius 1 is 1.37 bits per heavy atom. The molecule has 102 valence electrons. The molecule has 5 nitrogen and oxygen atoms in total. The first-order chi connectivity index (χ1) is 8.58. The normalized spacial score (nSPS) is 11.4. The minimum Gasteiger partial charge on any atom is -0.370 e. The summed E-state index contributed by atoms with van der Waals surface area (Å²) in [4.78, 5) is 18.9. The summed E-state index contributed by atoms with van der Waals surface area (Å²) in [6, 6.07) is 7.72. The van der Waals surface area contributed by atoms with E-state index in [-0.39, 0.29) is 30.3 Å². The number of H-pyrrole nitrogens is 1. The molecule has 1 amide bonds. The molecule has 0 unspecified atom stereocenters. The number of hydrogen-bond donors (Lipinski definition) is 3. The first-order valence-electron chi connectivity index (χ1n) is 5.79. The molecule has 0 saturated carbocycles. The van der Waals surface area contributed by atoms with Crippen molar-refractivity contribution in [2.75, 3.05) is 0 Å². The van der Waals surface area contributed by atoms with E-state index in [0.29, 0.717) is 5.56 Å². The van der Waals surface area contributed by atoms with Crippen molar-refractivity contribution in [3.05, 3.63) is 36.0 Å². The lowest BCUT2D eigenvalue weighted by molar-refractivity contribution is 0.100. The van der Waals surface area contributed by atoms with Crippen LogP contribution in [0, 0.1) is 0 Å². The van der Waals surface area contributed by atoms with Gasteiger partial charge in [-0.3, -0.25) is 4.79 Å². The standard InChI is InChI=1S/C13H16N4O.ClH/c1-8(2)16-13(14)17-12(18)10-7-15-11-6-4-3-5-9(10)11;/h3-8,15H,1-2H3,(H3,14,16,17,18);1H. The number of nitrogens with two attached hydrogens (primary N) is 1. The van der Waals surface area contributed by atoms with Crippen LogP contribution in [-0.2, 0) is 0 Å². The fourth-order valence-corrected chi connectivity index (χ4v) is 1.75. The van der Waals surface area contributed by atoms with E-state index in [2.05, 4.69) is 15.3 Å². The maximum Gasteiger partial charge on any atom is 0.282 e. The van der Waals surface area contributed by atoms with Crippen molar-refractivity contribution in [3.8, 4) is 0 Å². The van der Waals surface area contributed by atoms with Gasteiger partial charge in [0.05, 0.1) is 5.56 Å². The van der Waals surface area contributed by atoms with Gasteiger partial charge in [-0.15, -0.1) is 12.4 Å². The van der Waals surface area contributed by atoms with Crippen LogP contribution in [0.1, 0.15) is 24.2 Å². The quantitative estimate of drug-likeness (QED) is 0.581. The monoisotopic (exact) mass is 280 g/mol. The number of guanidine groups is 1. The molecule has 0 bridgehead atoms. The van der Waals surface area contributed by atoms with Crippen LogP contribution >= 0.6 is 12.4 Å². The summed E-state index contributed by atoms with van der Waals surface area (Å²) in [6.07, 6.45) is 1.65. The van der Waals surface area contributed by atoms with Gasteiger partial charge in [-0.05, 0) is 19.9 Å². The number of hydrogen-bond acceptors (Lipinski definition) is 1. The van der Waals surface area contributed by atoms with E-state index < -0.39 is 0 Å². The van der Waals surface area contributed by atoms with Crippen LogP contribution in [0.5, 0.6) is 0 Å². The van der Waals surface area contributed by atoms with Crippen molar-refractivity contribution in [3.63, 3.8) is 0 Å². The zero-order valence-electron chi connectivity index (χ0n) is 10.8. The lowest BCUT2D eigenvalue weighted by atomic mass is 10.2. The smallest absolute Gasteiger partial charge is 0.282 e. The summed E-state index contributed by atoms with van der Waals surface area (Å²) in [5, 5.41) is 3.73. The summed E-state index contributed by atoms with van der Waals surface area (Å²) in [5.74, 6) is -0.210. The number of aromatic amines is 1. The molecule has 2 rings (SSSR count). The predicted molar refractivity (Wildman–Crippen MR) is 79.8 cm³/mol. The van der Waals surface area contributed by atoms with Gasteiger partial charge >= 0.3 is 0 Å². The molecule has 0 radical (unpaired) electrons. The molecule has 1 aromatic carbocycles. The molecule has 1 heterocycles. The van der Waals surface area contributed by atoms with Crippen molar-refractivity contribution in [1.82, 2.24) is 10.3 Å². The highest BCUT2D eigenvalue weighted by atomic mass is 35.5. The molecule has 2 aromatic rings. The molecule has 1 aromatic heterocycles. The van der Waals surface area contributed by atoms with Crippen LogP contribution in [0.25, 0.3) is 10.9 Å². The molecule has 0 aliphatic rings. The van der Waals surface area contributed by atoms with Crippen LogP contribution in [-0.4, -0.2) is 22.9 Å². The van der Waals surface area contributed by atoms with E-state index in [1.165, 1.54) is 0 Å². The van der Waals surface area contributed by atoms with Gasteiger partial charge in [0.15, 0.2) is 5.96 Å². The Morgan fingerprint density at radius 3 is 2.74 bits per heavy atom. The summed E-state index contributed by atoms with van der Waals surface area (Å²) in [6.45, 7) is 3.86.